The highest BCUT2D eigenvalue weighted by molar-refractivity contribution is 8.00. The molecule has 2 aliphatic heterocycles. The van der Waals surface area contributed by atoms with Crippen molar-refractivity contribution in [1.29, 1.82) is 0 Å². The number of carbonyl (C=O) groups is 1. The molecule has 2 aliphatic rings. The second kappa shape index (κ2) is 9.67. The Hall–Kier alpha value is -2.23. The summed E-state index contributed by atoms with van der Waals surface area (Å²) in [5.41, 5.74) is -3.99. The maximum absolute atomic E-state index is 14.8. The molecule has 188 valence electrons. The van der Waals surface area contributed by atoms with Crippen LogP contribution in [-0.2, 0) is 0 Å². The molecular weight excluding hydrogens is 528 g/mol. The number of amides is 2. The molecule has 3 atom stereocenters. The lowest BCUT2D eigenvalue weighted by Crippen LogP contribution is -2.45. The van der Waals surface area contributed by atoms with Gasteiger partial charge >= 0.3 is 11.5 Å². The predicted molar refractivity (Wildman–Crippen MR) is 128 cm³/mol. The highest BCUT2D eigenvalue weighted by atomic mass is 32.2. The van der Waals surface area contributed by atoms with Gasteiger partial charge in [-0.3, -0.25) is 0 Å². The topological polar surface area (TPSA) is 95.3 Å². The van der Waals surface area contributed by atoms with E-state index in [0.717, 1.165) is 11.3 Å². The van der Waals surface area contributed by atoms with Crippen molar-refractivity contribution >= 4 is 56.9 Å². The Balaban J connectivity index is 1.51. The number of aromatic nitrogens is 2. The fraction of sp³-hybridized carbons (Fsp3) is 0.450. The lowest BCUT2D eigenvalue weighted by Gasteiger charge is -2.34. The standard InChI is InChI=1S/C20H20F4N6O2S3/c1-33-30-6-5-11(10(21)8-30)26-12-4-2-3-9-14(12)34-16(15(9)35-20(22,23)24)17-28-18(32-29-17)13-7-25-19(31)27-13/h2-4,10-11,13,26H,5-8H2,1H3,(H2,25,27,31). The molecule has 3 N–H and O–H groups in total. The first kappa shape index (κ1) is 24.5. The zero-order valence-electron chi connectivity index (χ0n) is 18.2. The van der Waals surface area contributed by atoms with Crippen LogP contribution in [0.25, 0.3) is 20.8 Å². The summed E-state index contributed by atoms with van der Waals surface area (Å²) in [4.78, 5) is 15.8. The normalized spacial score (nSPS) is 23.5. The number of alkyl halides is 4. The number of urea groups is 1. The van der Waals surface area contributed by atoms with E-state index < -0.39 is 29.8 Å². The van der Waals surface area contributed by atoms with Crippen molar-refractivity contribution in [2.75, 3.05) is 31.2 Å². The average molecular weight is 549 g/mol. The fourth-order valence-corrected chi connectivity index (χ4v) is 6.74. The van der Waals surface area contributed by atoms with Crippen molar-refractivity contribution in [1.82, 2.24) is 25.1 Å². The van der Waals surface area contributed by atoms with Crippen LogP contribution in [0, 0.1) is 0 Å². The van der Waals surface area contributed by atoms with Crippen LogP contribution in [0.5, 0.6) is 0 Å². The molecule has 3 aromatic rings. The third kappa shape index (κ3) is 5.17. The number of piperidine rings is 1. The number of benzene rings is 1. The monoisotopic (exact) mass is 548 g/mol. The summed E-state index contributed by atoms with van der Waals surface area (Å²) in [6.45, 7) is 1.21. The molecule has 3 unspecified atom stereocenters. The Labute approximate surface area is 209 Å². The lowest BCUT2D eigenvalue weighted by molar-refractivity contribution is -0.0327. The molecule has 0 bridgehead atoms. The molecule has 2 fully saturated rings. The number of hydrogen-bond donors (Lipinski definition) is 3. The molecule has 2 aromatic heterocycles. The summed E-state index contributed by atoms with van der Waals surface area (Å²) in [6, 6.07) is 3.56. The average Bonchev–Trinajstić information content (AvgIpc) is 3.53. The van der Waals surface area contributed by atoms with Crippen molar-refractivity contribution in [2.45, 2.75) is 35.1 Å². The van der Waals surface area contributed by atoms with Gasteiger partial charge in [-0.15, -0.1) is 11.3 Å². The van der Waals surface area contributed by atoms with Crippen molar-refractivity contribution in [3.8, 4) is 10.7 Å². The van der Waals surface area contributed by atoms with E-state index in [2.05, 4.69) is 26.1 Å². The largest absolute Gasteiger partial charge is 0.446 e. The molecule has 1 aromatic carbocycles. The van der Waals surface area contributed by atoms with Gasteiger partial charge < -0.3 is 20.5 Å². The number of fused-ring (bicyclic) bond motifs is 1. The van der Waals surface area contributed by atoms with Crippen LogP contribution in [0.2, 0.25) is 0 Å². The van der Waals surface area contributed by atoms with E-state index in [1.54, 1.807) is 18.2 Å². The minimum absolute atomic E-state index is 0.00306. The second-order valence-electron chi connectivity index (χ2n) is 7.98. The Morgan fingerprint density at radius 1 is 1.34 bits per heavy atom. The third-order valence-electron chi connectivity index (χ3n) is 5.71. The van der Waals surface area contributed by atoms with Gasteiger partial charge in [0.05, 0.1) is 21.3 Å². The van der Waals surface area contributed by atoms with Gasteiger partial charge in [0.25, 0.3) is 5.89 Å². The van der Waals surface area contributed by atoms with Crippen molar-refractivity contribution in [2.24, 2.45) is 0 Å². The van der Waals surface area contributed by atoms with Gasteiger partial charge in [-0.2, -0.15) is 18.2 Å². The maximum Gasteiger partial charge on any atom is 0.446 e. The zero-order chi connectivity index (χ0) is 24.7. The zero-order valence-corrected chi connectivity index (χ0v) is 20.6. The maximum atomic E-state index is 14.8. The Bertz CT molecular complexity index is 1240. The number of thiophene rings is 1. The van der Waals surface area contributed by atoms with E-state index in [9.17, 15) is 22.4 Å². The van der Waals surface area contributed by atoms with E-state index in [-0.39, 0.29) is 46.3 Å². The number of halogens is 4. The second-order valence-corrected chi connectivity index (χ2v) is 11.0. The molecule has 0 aliphatic carbocycles. The van der Waals surface area contributed by atoms with Gasteiger partial charge in [0.15, 0.2) is 0 Å². The fourth-order valence-electron chi connectivity index (χ4n) is 4.05. The quantitative estimate of drug-likeness (QED) is 0.225. The number of hydrogen-bond acceptors (Lipinski definition) is 9. The van der Waals surface area contributed by atoms with Crippen LogP contribution in [-0.4, -0.2) is 64.1 Å². The molecule has 0 radical (unpaired) electrons. The molecule has 8 nitrogen and oxygen atoms in total. The van der Waals surface area contributed by atoms with E-state index >= 15 is 0 Å². The minimum Gasteiger partial charge on any atom is -0.378 e. The number of rotatable bonds is 6. The highest BCUT2D eigenvalue weighted by Crippen LogP contribution is 2.50. The number of nitrogens with zero attached hydrogens (tertiary/aromatic N) is 3. The van der Waals surface area contributed by atoms with Gasteiger partial charge in [-0.1, -0.05) is 29.2 Å². The molecule has 4 heterocycles. The summed E-state index contributed by atoms with van der Waals surface area (Å²) < 4.78 is 63.1. The van der Waals surface area contributed by atoms with Gasteiger partial charge in [0.1, 0.15) is 12.2 Å². The van der Waals surface area contributed by atoms with Gasteiger partial charge in [0, 0.05) is 29.9 Å². The van der Waals surface area contributed by atoms with Gasteiger partial charge in [0.2, 0.25) is 5.82 Å². The van der Waals surface area contributed by atoms with Crippen molar-refractivity contribution < 1.29 is 26.9 Å². The Morgan fingerprint density at radius 3 is 2.86 bits per heavy atom. The lowest BCUT2D eigenvalue weighted by atomic mass is 10.0. The summed E-state index contributed by atoms with van der Waals surface area (Å²) in [6.07, 6.45) is 1.34. The van der Waals surface area contributed by atoms with Crippen LogP contribution in [0.3, 0.4) is 0 Å². The summed E-state index contributed by atoms with van der Waals surface area (Å²) >= 11 is 2.33. The smallest absolute Gasteiger partial charge is 0.378 e. The predicted octanol–water partition coefficient (Wildman–Crippen LogP) is 5.02. The van der Waals surface area contributed by atoms with Gasteiger partial charge in [-0.05, 0) is 30.5 Å². The molecule has 0 spiro atoms. The van der Waals surface area contributed by atoms with E-state index in [4.69, 9.17) is 4.52 Å². The van der Waals surface area contributed by atoms with E-state index in [1.165, 1.54) is 11.9 Å². The summed E-state index contributed by atoms with van der Waals surface area (Å²) in [7, 11) is 0. The molecule has 5 rings (SSSR count). The van der Waals surface area contributed by atoms with Crippen LogP contribution in [0.1, 0.15) is 18.4 Å². The van der Waals surface area contributed by atoms with E-state index in [0.29, 0.717) is 28.7 Å². The number of thioether (sulfide) groups is 1. The Kier molecular flexibility index (Phi) is 6.76. The number of carbonyl (C=O) groups excluding carboxylic acids is 1. The molecule has 2 saturated heterocycles. The first-order valence-electron chi connectivity index (χ1n) is 10.6. The number of nitrogens with one attached hydrogen (secondary N) is 3. The Morgan fingerprint density at radius 2 is 2.17 bits per heavy atom. The third-order valence-corrected chi connectivity index (χ3v) is 8.78. The molecule has 15 heteroatoms. The molecular formula is C20H20F4N6O2S3. The number of anilines is 1. The van der Waals surface area contributed by atoms with Crippen LogP contribution < -0.4 is 16.0 Å². The first-order chi connectivity index (χ1) is 16.7. The van der Waals surface area contributed by atoms with E-state index in [1.807, 2.05) is 10.6 Å². The summed E-state index contributed by atoms with van der Waals surface area (Å²) in [5.74, 6) is 0.0923. The molecule has 0 saturated carbocycles. The molecule has 2 amide bonds. The highest BCUT2D eigenvalue weighted by Gasteiger charge is 2.35. The van der Waals surface area contributed by atoms with Gasteiger partial charge in [-0.25, -0.2) is 13.5 Å². The molecule has 35 heavy (non-hydrogen) atoms. The van der Waals surface area contributed by atoms with Crippen LogP contribution in [0.15, 0.2) is 27.6 Å². The SMILES string of the molecule is CSN1CCC(Nc2cccc3c(SC(F)(F)F)c(-c4noc(C5CNC(=O)N5)n4)sc23)C(F)C1. The minimum atomic E-state index is -4.54. The van der Waals surface area contributed by atoms with Crippen molar-refractivity contribution in [3.63, 3.8) is 0 Å². The van der Waals surface area contributed by atoms with Crippen LogP contribution >= 0.6 is 35.0 Å². The summed E-state index contributed by atoms with van der Waals surface area (Å²) in [5, 5.41) is 12.6. The first-order valence-corrected chi connectivity index (χ1v) is 13.4. The van der Waals surface area contributed by atoms with Crippen molar-refractivity contribution in [3.05, 3.63) is 24.1 Å². The van der Waals surface area contributed by atoms with Crippen LogP contribution in [0.4, 0.5) is 28.0 Å².